The van der Waals surface area contributed by atoms with Gasteiger partial charge >= 0.3 is 5.97 Å². The van der Waals surface area contributed by atoms with E-state index < -0.39 is 5.97 Å². The van der Waals surface area contributed by atoms with Gasteiger partial charge < -0.3 is 10.4 Å². The third-order valence-corrected chi connectivity index (χ3v) is 3.94. The summed E-state index contributed by atoms with van der Waals surface area (Å²) in [5.41, 5.74) is 4.18. The number of hydrogen-bond acceptors (Lipinski definition) is 3. The molecular weight excluding hydrogens is 306 g/mol. The zero-order valence-electron chi connectivity index (χ0n) is 14.3. The lowest BCUT2D eigenvalue weighted by molar-refractivity contribution is -0.136. The molecule has 1 aromatic heterocycles. The standard InChI is InChI=1S/C18H23N3O3/c1-4-11-19-18(24)14-5-7-15(8-6-14)21-13(3)16(12(2)20-21)9-10-17(22)23/h5-8H,4,9-11H2,1-3H3,(H,19,24)(H,22,23). The van der Waals surface area contributed by atoms with E-state index in [0.29, 0.717) is 18.5 Å². The van der Waals surface area contributed by atoms with Gasteiger partial charge in [-0.3, -0.25) is 9.59 Å². The number of nitrogens with one attached hydrogen (secondary N) is 1. The number of amides is 1. The van der Waals surface area contributed by atoms with Gasteiger partial charge in [-0.1, -0.05) is 6.92 Å². The van der Waals surface area contributed by atoms with Crippen LogP contribution in [0.5, 0.6) is 0 Å². The Morgan fingerprint density at radius 1 is 1.21 bits per heavy atom. The van der Waals surface area contributed by atoms with Crippen molar-refractivity contribution < 1.29 is 14.7 Å². The van der Waals surface area contributed by atoms with Crippen LogP contribution in [-0.4, -0.2) is 33.3 Å². The smallest absolute Gasteiger partial charge is 0.303 e. The van der Waals surface area contributed by atoms with Crippen LogP contribution in [0.4, 0.5) is 0 Å². The Balaban J connectivity index is 2.21. The SMILES string of the molecule is CCCNC(=O)c1ccc(-n2nc(C)c(CCC(=O)O)c2C)cc1. The predicted molar refractivity (Wildman–Crippen MR) is 91.6 cm³/mol. The largest absolute Gasteiger partial charge is 0.481 e. The summed E-state index contributed by atoms with van der Waals surface area (Å²) in [6.07, 6.45) is 1.45. The minimum Gasteiger partial charge on any atom is -0.481 e. The maximum Gasteiger partial charge on any atom is 0.303 e. The summed E-state index contributed by atoms with van der Waals surface area (Å²) in [7, 11) is 0. The molecule has 128 valence electrons. The molecule has 6 nitrogen and oxygen atoms in total. The number of hydrogen-bond donors (Lipinski definition) is 2. The Morgan fingerprint density at radius 2 is 1.88 bits per heavy atom. The van der Waals surface area contributed by atoms with Gasteiger partial charge in [0, 0.05) is 24.2 Å². The maximum atomic E-state index is 11.9. The van der Waals surface area contributed by atoms with Gasteiger partial charge in [0.1, 0.15) is 0 Å². The second-order valence-electron chi connectivity index (χ2n) is 5.76. The normalized spacial score (nSPS) is 10.6. The van der Waals surface area contributed by atoms with Crippen molar-refractivity contribution in [3.8, 4) is 5.69 Å². The van der Waals surface area contributed by atoms with E-state index >= 15 is 0 Å². The molecule has 0 aliphatic carbocycles. The molecule has 0 saturated heterocycles. The van der Waals surface area contributed by atoms with Crippen molar-refractivity contribution in [2.24, 2.45) is 0 Å². The molecule has 0 fully saturated rings. The van der Waals surface area contributed by atoms with Crippen LogP contribution in [0.1, 0.15) is 47.1 Å². The summed E-state index contributed by atoms with van der Waals surface area (Å²) >= 11 is 0. The first kappa shape index (κ1) is 17.7. The monoisotopic (exact) mass is 329 g/mol. The molecule has 0 radical (unpaired) electrons. The number of rotatable bonds is 7. The zero-order valence-corrected chi connectivity index (χ0v) is 14.3. The average molecular weight is 329 g/mol. The Labute approximate surface area is 141 Å². The van der Waals surface area contributed by atoms with Gasteiger partial charge in [0.15, 0.2) is 0 Å². The topological polar surface area (TPSA) is 84.2 Å². The van der Waals surface area contributed by atoms with Crippen LogP contribution >= 0.6 is 0 Å². The van der Waals surface area contributed by atoms with E-state index in [4.69, 9.17) is 5.11 Å². The van der Waals surface area contributed by atoms with E-state index in [1.165, 1.54) is 0 Å². The minimum absolute atomic E-state index is 0.0843. The van der Waals surface area contributed by atoms with Crippen molar-refractivity contribution in [1.29, 1.82) is 0 Å². The first-order valence-electron chi connectivity index (χ1n) is 8.09. The van der Waals surface area contributed by atoms with E-state index in [1.807, 2.05) is 32.9 Å². The quantitative estimate of drug-likeness (QED) is 0.818. The van der Waals surface area contributed by atoms with Crippen LogP contribution in [0, 0.1) is 13.8 Å². The van der Waals surface area contributed by atoms with Crippen LogP contribution in [-0.2, 0) is 11.2 Å². The number of carboxylic acids is 1. The molecule has 24 heavy (non-hydrogen) atoms. The highest BCUT2D eigenvalue weighted by molar-refractivity contribution is 5.94. The van der Waals surface area contributed by atoms with Crippen LogP contribution in [0.15, 0.2) is 24.3 Å². The fraction of sp³-hybridized carbons (Fsp3) is 0.389. The molecule has 0 atom stereocenters. The first-order valence-corrected chi connectivity index (χ1v) is 8.09. The molecular formula is C18H23N3O3. The average Bonchev–Trinajstić information content (AvgIpc) is 2.85. The van der Waals surface area contributed by atoms with E-state index in [2.05, 4.69) is 10.4 Å². The molecule has 0 aliphatic rings. The molecule has 0 spiro atoms. The van der Waals surface area contributed by atoms with Gasteiger partial charge in [0.25, 0.3) is 5.91 Å². The number of aliphatic carboxylic acids is 1. The highest BCUT2D eigenvalue weighted by Crippen LogP contribution is 2.19. The Bertz CT molecular complexity index is 733. The fourth-order valence-electron chi connectivity index (χ4n) is 2.61. The number of carbonyl (C=O) groups is 2. The highest BCUT2D eigenvalue weighted by Gasteiger charge is 2.14. The summed E-state index contributed by atoms with van der Waals surface area (Å²) in [6.45, 7) is 6.48. The highest BCUT2D eigenvalue weighted by atomic mass is 16.4. The minimum atomic E-state index is -0.816. The summed E-state index contributed by atoms with van der Waals surface area (Å²) in [5, 5.41) is 16.2. The Kier molecular flexibility index (Phi) is 5.73. The second kappa shape index (κ2) is 7.77. The van der Waals surface area contributed by atoms with Gasteiger partial charge in [-0.2, -0.15) is 5.10 Å². The van der Waals surface area contributed by atoms with Crippen LogP contribution in [0.2, 0.25) is 0 Å². The molecule has 1 amide bonds. The molecule has 0 unspecified atom stereocenters. The van der Waals surface area contributed by atoms with Crippen molar-refractivity contribution in [3.05, 3.63) is 46.8 Å². The van der Waals surface area contributed by atoms with Gasteiger partial charge in [-0.15, -0.1) is 0 Å². The molecule has 0 bridgehead atoms. The number of benzene rings is 1. The van der Waals surface area contributed by atoms with Gasteiger partial charge in [0.2, 0.25) is 0 Å². The summed E-state index contributed by atoms with van der Waals surface area (Å²) in [4.78, 5) is 22.7. The van der Waals surface area contributed by atoms with Gasteiger partial charge in [-0.05, 0) is 56.5 Å². The van der Waals surface area contributed by atoms with Crippen molar-refractivity contribution in [2.75, 3.05) is 6.54 Å². The van der Waals surface area contributed by atoms with Crippen molar-refractivity contribution >= 4 is 11.9 Å². The molecule has 2 aromatic rings. The van der Waals surface area contributed by atoms with E-state index in [1.54, 1.807) is 16.8 Å². The number of aryl methyl sites for hydroxylation is 1. The van der Waals surface area contributed by atoms with Crippen molar-refractivity contribution in [1.82, 2.24) is 15.1 Å². The van der Waals surface area contributed by atoms with Gasteiger partial charge in [0.05, 0.1) is 11.4 Å². The van der Waals surface area contributed by atoms with Crippen LogP contribution in [0.25, 0.3) is 5.69 Å². The summed E-state index contributed by atoms with van der Waals surface area (Å²) in [5.74, 6) is -0.900. The molecule has 6 heteroatoms. The zero-order chi connectivity index (χ0) is 17.7. The number of aromatic nitrogens is 2. The van der Waals surface area contributed by atoms with E-state index in [-0.39, 0.29) is 12.3 Å². The lowest BCUT2D eigenvalue weighted by atomic mass is 10.1. The van der Waals surface area contributed by atoms with Crippen LogP contribution < -0.4 is 5.32 Å². The maximum absolute atomic E-state index is 11.9. The Hall–Kier alpha value is -2.63. The third-order valence-electron chi connectivity index (χ3n) is 3.94. The fourth-order valence-corrected chi connectivity index (χ4v) is 2.61. The molecule has 0 saturated carbocycles. The lowest BCUT2D eigenvalue weighted by Crippen LogP contribution is -2.23. The number of nitrogens with zero attached hydrogens (tertiary/aromatic N) is 2. The van der Waals surface area contributed by atoms with E-state index in [0.717, 1.165) is 29.1 Å². The first-order chi connectivity index (χ1) is 11.4. The van der Waals surface area contributed by atoms with Gasteiger partial charge in [-0.25, -0.2) is 4.68 Å². The lowest BCUT2D eigenvalue weighted by Gasteiger charge is -2.07. The summed E-state index contributed by atoms with van der Waals surface area (Å²) < 4.78 is 1.79. The summed E-state index contributed by atoms with van der Waals surface area (Å²) in [6, 6.07) is 7.24. The molecule has 0 aliphatic heterocycles. The predicted octanol–water partition coefficient (Wildman–Crippen LogP) is 2.65. The molecule has 1 aromatic carbocycles. The van der Waals surface area contributed by atoms with Crippen LogP contribution in [0.3, 0.4) is 0 Å². The molecule has 2 rings (SSSR count). The van der Waals surface area contributed by atoms with Crippen molar-refractivity contribution in [3.63, 3.8) is 0 Å². The van der Waals surface area contributed by atoms with Crippen molar-refractivity contribution in [2.45, 2.75) is 40.0 Å². The number of carbonyl (C=O) groups excluding carboxylic acids is 1. The molecule has 2 N–H and O–H groups in total. The molecule has 1 heterocycles. The third kappa shape index (κ3) is 4.01. The number of carboxylic acid groups (broad SMARTS) is 1. The second-order valence-corrected chi connectivity index (χ2v) is 5.76. The Morgan fingerprint density at radius 3 is 2.46 bits per heavy atom. The van der Waals surface area contributed by atoms with E-state index in [9.17, 15) is 9.59 Å².